The van der Waals surface area contributed by atoms with Crippen molar-refractivity contribution in [2.75, 3.05) is 13.1 Å². The fourth-order valence-electron chi connectivity index (χ4n) is 3.68. The van der Waals surface area contributed by atoms with Crippen molar-refractivity contribution >= 4 is 23.4 Å². The third kappa shape index (κ3) is 3.19. The van der Waals surface area contributed by atoms with Crippen molar-refractivity contribution in [3.63, 3.8) is 0 Å². The van der Waals surface area contributed by atoms with Crippen LogP contribution in [-0.2, 0) is 22.6 Å². The number of benzene rings is 2. The molecule has 1 N–H and O–H groups in total. The molecule has 5 nitrogen and oxygen atoms in total. The first kappa shape index (κ1) is 17.6. The number of aromatic hydroxyl groups is 1. The average Bonchev–Trinajstić information content (AvgIpc) is 2.62. The predicted molar refractivity (Wildman–Crippen MR) is 103 cm³/mol. The Bertz CT molecular complexity index is 950. The van der Waals surface area contributed by atoms with E-state index in [-0.39, 0.29) is 23.6 Å². The number of halogens is 1. The Balaban J connectivity index is 1.55. The molecule has 0 spiro atoms. The molecule has 6 heteroatoms. The molecule has 0 saturated carbocycles. The molecule has 2 aromatic rings. The van der Waals surface area contributed by atoms with Crippen molar-refractivity contribution in [3.8, 4) is 16.9 Å². The van der Waals surface area contributed by atoms with E-state index in [9.17, 15) is 14.7 Å². The van der Waals surface area contributed by atoms with Gasteiger partial charge in [0.2, 0.25) is 11.8 Å². The number of carbonyl (C=O) groups is 2. The number of hydrogen-bond donors (Lipinski definition) is 1. The van der Waals surface area contributed by atoms with Crippen molar-refractivity contribution in [3.05, 3.63) is 65.2 Å². The number of carbonyl (C=O) groups excluding carboxylic acids is 2. The SMILES string of the molecule is C=CC(=O)N1CC(N2Cc3ccc(-c4cc(O)ccc4Cl)cc3CC2=O)C1. The summed E-state index contributed by atoms with van der Waals surface area (Å²) in [5.74, 6) is 0.124. The highest BCUT2D eigenvalue weighted by Gasteiger charge is 2.38. The predicted octanol–water partition coefficient (Wildman–Crippen LogP) is 2.99. The molecule has 1 saturated heterocycles. The summed E-state index contributed by atoms with van der Waals surface area (Å²) in [5, 5.41) is 10.3. The van der Waals surface area contributed by atoms with Gasteiger partial charge in [0, 0.05) is 30.2 Å². The molecule has 1 fully saturated rings. The van der Waals surface area contributed by atoms with E-state index in [1.807, 2.05) is 23.1 Å². The molecule has 0 atom stereocenters. The second kappa shape index (κ2) is 6.74. The third-order valence-corrected chi connectivity index (χ3v) is 5.59. The van der Waals surface area contributed by atoms with Gasteiger partial charge in [-0.1, -0.05) is 36.4 Å². The molecule has 2 aliphatic rings. The Hall–Kier alpha value is -2.79. The molecule has 0 radical (unpaired) electrons. The Morgan fingerprint density at radius 1 is 1.19 bits per heavy atom. The first-order valence-corrected chi connectivity index (χ1v) is 9.15. The van der Waals surface area contributed by atoms with Crippen LogP contribution in [0.5, 0.6) is 5.75 Å². The molecule has 138 valence electrons. The third-order valence-electron chi connectivity index (χ3n) is 5.26. The highest BCUT2D eigenvalue weighted by atomic mass is 35.5. The minimum Gasteiger partial charge on any atom is -0.508 e. The van der Waals surface area contributed by atoms with Crippen molar-refractivity contribution in [2.45, 2.75) is 19.0 Å². The van der Waals surface area contributed by atoms with Crippen LogP contribution in [0.4, 0.5) is 0 Å². The van der Waals surface area contributed by atoms with Gasteiger partial charge >= 0.3 is 0 Å². The number of phenolic OH excluding ortho intramolecular Hbond substituents is 1. The van der Waals surface area contributed by atoms with Gasteiger partial charge in [-0.05, 0) is 41.0 Å². The molecular weight excluding hydrogens is 364 g/mol. The molecule has 2 heterocycles. The molecule has 0 aliphatic carbocycles. The number of fused-ring (bicyclic) bond motifs is 1. The van der Waals surface area contributed by atoms with Gasteiger partial charge in [-0.15, -0.1) is 0 Å². The van der Waals surface area contributed by atoms with Gasteiger partial charge in [-0.2, -0.15) is 0 Å². The molecular formula is C21H19ClN2O3. The van der Waals surface area contributed by atoms with E-state index < -0.39 is 0 Å². The summed E-state index contributed by atoms with van der Waals surface area (Å²) in [6.07, 6.45) is 1.63. The lowest BCUT2D eigenvalue weighted by molar-refractivity contribution is -0.145. The lowest BCUT2D eigenvalue weighted by Crippen LogP contribution is -2.62. The molecule has 4 rings (SSSR count). The minimum absolute atomic E-state index is 0.0646. The number of likely N-dealkylation sites (tertiary alicyclic amines) is 1. The number of amides is 2. The van der Waals surface area contributed by atoms with Crippen molar-refractivity contribution in [1.29, 1.82) is 0 Å². The maximum absolute atomic E-state index is 12.6. The number of hydrogen-bond acceptors (Lipinski definition) is 3. The fraction of sp³-hybridized carbons (Fsp3) is 0.238. The molecule has 0 unspecified atom stereocenters. The molecule has 2 aromatic carbocycles. The summed E-state index contributed by atoms with van der Waals surface area (Å²) in [5.41, 5.74) is 3.70. The first-order valence-electron chi connectivity index (χ1n) is 8.78. The monoisotopic (exact) mass is 382 g/mol. The second-order valence-electron chi connectivity index (χ2n) is 6.95. The summed E-state index contributed by atoms with van der Waals surface area (Å²) in [4.78, 5) is 27.8. The number of rotatable bonds is 3. The number of nitrogens with zero attached hydrogens (tertiary/aromatic N) is 2. The molecule has 2 amide bonds. The molecule has 27 heavy (non-hydrogen) atoms. The standard InChI is InChI=1S/C21H19ClN2O3/c1-2-20(26)23-11-16(12-23)24-10-14-4-3-13(7-15(14)8-21(24)27)18-9-17(25)5-6-19(18)22/h2-7,9,16,25H,1,8,10-12H2. The topological polar surface area (TPSA) is 60.9 Å². The normalized spacial score (nSPS) is 16.7. The Labute approximate surface area is 162 Å². The van der Waals surface area contributed by atoms with E-state index in [2.05, 4.69) is 6.58 Å². The van der Waals surface area contributed by atoms with Crippen LogP contribution in [0.1, 0.15) is 11.1 Å². The van der Waals surface area contributed by atoms with Gasteiger partial charge < -0.3 is 14.9 Å². The molecule has 2 aliphatic heterocycles. The summed E-state index contributed by atoms with van der Waals surface area (Å²) >= 11 is 6.26. The fourth-order valence-corrected chi connectivity index (χ4v) is 3.90. The van der Waals surface area contributed by atoms with E-state index in [4.69, 9.17) is 11.6 Å². The van der Waals surface area contributed by atoms with Gasteiger partial charge in [0.1, 0.15) is 5.75 Å². The van der Waals surface area contributed by atoms with Crippen LogP contribution in [0.25, 0.3) is 11.1 Å². The van der Waals surface area contributed by atoms with Crippen molar-refractivity contribution in [2.24, 2.45) is 0 Å². The Morgan fingerprint density at radius 3 is 2.70 bits per heavy atom. The maximum atomic E-state index is 12.6. The van der Waals surface area contributed by atoms with Crippen LogP contribution < -0.4 is 0 Å². The lowest BCUT2D eigenvalue weighted by Gasteiger charge is -2.46. The first-order chi connectivity index (χ1) is 13.0. The van der Waals surface area contributed by atoms with Crippen LogP contribution in [0.15, 0.2) is 49.1 Å². The van der Waals surface area contributed by atoms with Gasteiger partial charge in [0.05, 0.1) is 12.5 Å². The van der Waals surface area contributed by atoms with Gasteiger partial charge in [-0.3, -0.25) is 9.59 Å². The summed E-state index contributed by atoms with van der Waals surface area (Å²) < 4.78 is 0. The van der Waals surface area contributed by atoms with E-state index >= 15 is 0 Å². The highest BCUT2D eigenvalue weighted by molar-refractivity contribution is 6.33. The van der Waals surface area contributed by atoms with Crippen LogP contribution in [0.3, 0.4) is 0 Å². The smallest absolute Gasteiger partial charge is 0.246 e. The quantitative estimate of drug-likeness (QED) is 0.830. The molecule has 0 bridgehead atoms. The highest BCUT2D eigenvalue weighted by Crippen LogP contribution is 2.34. The van der Waals surface area contributed by atoms with Crippen molar-refractivity contribution in [1.82, 2.24) is 9.80 Å². The summed E-state index contributed by atoms with van der Waals surface area (Å²) in [6, 6.07) is 10.8. The van der Waals surface area contributed by atoms with Crippen molar-refractivity contribution < 1.29 is 14.7 Å². The summed E-state index contributed by atoms with van der Waals surface area (Å²) in [7, 11) is 0. The van der Waals surface area contributed by atoms with E-state index in [1.54, 1.807) is 23.1 Å². The van der Waals surface area contributed by atoms with E-state index in [0.29, 0.717) is 31.1 Å². The largest absolute Gasteiger partial charge is 0.508 e. The second-order valence-corrected chi connectivity index (χ2v) is 7.35. The lowest BCUT2D eigenvalue weighted by atomic mass is 9.92. The van der Waals surface area contributed by atoms with Crippen LogP contribution in [-0.4, -0.2) is 45.9 Å². The van der Waals surface area contributed by atoms with Crippen LogP contribution in [0.2, 0.25) is 5.02 Å². The van der Waals surface area contributed by atoms with E-state index in [0.717, 1.165) is 22.3 Å². The van der Waals surface area contributed by atoms with Gasteiger partial charge in [0.25, 0.3) is 0 Å². The van der Waals surface area contributed by atoms with Gasteiger partial charge in [-0.25, -0.2) is 0 Å². The zero-order valence-corrected chi connectivity index (χ0v) is 15.4. The maximum Gasteiger partial charge on any atom is 0.246 e. The Morgan fingerprint density at radius 2 is 1.96 bits per heavy atom. The number of phenols is 1. The van der Waals surface area contributed by atoms with E-state index in [1.165, 1.54) is 6.08 Å². The van der Waals surface area contributed by atoms with Gasteiger partial charge in [0.15, 0.2) is 0 Å². The minimum atomic E-state index is -0.0938. The van der Waals surface area contributed by atoms with Crippen LogP contribution >= 0.6 is 11.6 Å². The Kier molecular flexibility index (Phi) is 4.40. The van der Waals surface area contributed by atoms with Crippen LogP contribution in [0, 0.1) is 0 Å². The molecule has 0 aromatic heterocycles. The zero-order valence-electron chi connectivity index (χ0n) is 14.7. The summed E-state index contributed by atoms with van der Waals surface area (Å²) in [6.45, 7) is 5.16. The average molecular weight is 383 g/mol. The zero-order chi connectivity index (χ0) is 19.1.